The van der Waals surface area contributed by atoms with E-state index in [1.165, 1.54) is 11.1 Å². The Morgan fingerprint density at radius 2 is 1.70 bits per heavy atom. The first-order chi connectivity index (χ1) is 19.4. The van der Waals surface area contributed by atoms with Gasteiger partial charge >= 0.3 is 0 Å². The maximum atomic E-state index is 14.1. The molecule has 1 saturated carbocycles. The van der Waals surface area contributed by atoms with Crippen molar-refractivity contribution in [3.05, 3.63) is 89.5 Å². The first-order valence-corrected chi connectivity index (χ1v) is 16.0. The van der Waals surface area contributed by atoms with Crippen molar-refractivity contribution >= 4 is 27.3 Å². The predicted octanol–water partition coefficient (Wildman–Crippen LogP) is 4.93. The van der Waals surface area contributed by atoms with Gasteiger partial charge in [0.1, 0.15) is 4.90 Å². The van der Waals surface area contributed by atoms with Crippen LogP contribution in [0.3, 0.4) is 0 Å². The summed E-state index contributed by atoms with van der Waals surface area (Å²) in [6, 6.07) is 23.3. The number of piperazine rings is 1. The molecule has 0 unspecified atom stereocenters. The van der Waals surface area contributed by atoms with Crippen molar-refractivity contribution in [2.45, 2.75) is 49.5 Å². The maximum Gasteiger partial charge on any atom is 0.243 e. The van der Waals surface area contributed by atoms with Crippen LogP contribution >= 0.6 is 0 Å². The zero-order valence-corrected chi connectivity index (χ0v) is 23.9. The Bertz CT molecular complexity index is 1470. The van der Waals surface area contributed by atoms with E-state index >= 15 is 0 Å². The van der Waals surface area contributed by atoms with Gasteiger partial charge in [-0.25, -0.2) is 13.1 Å². The van der Waals surface area contributed by atoms with Gasteiger partial charge in [-0.15, -0.1) is 0 Å². The zero-order valence-electron chi connectivity index (χ0n) is 23.1. The number of amides is 1. The molecule has 1 aliphatic heterocycles. The molecular formula is C32H38N4O3S. The van der Waals surface area contributed by atoms with Crippen LogP contribution in [-0.2, 0) is 21.2 Å². The molecular weight excluding hydrogens is 520 g/mol. The lowest BCUT2D eigenvalue weighted by Gasteiger charge is -2.36. The van der Waals surface area contributed by atoms with Crippen LogP contribution in [0.2, 0.25) is 0 Å². The van der Waals surface area contributed by atoms with Gasteiger partial charge in [0, 0.05) is 43.8 Å². The third-order valence-electron chi connectivity index (χ3n) is 8.70. The highest BCUT2D eigenvalue weighted by Crippen LogP contribution is 2.48. The molecule has 3 atom stereocenters. The molecule has 3 aromatic carbocycles. The van der Waals surface area contributed by atoms with E-state index in [2.05, 4.69) is 45.0 Å². The average molecular weight is 559 g/mol. The molecule has 7 nitrogen and oxygen atoms in total. The molecule has 1 heterocycles. The lowest BCUT2D eigenvalue weighted by molar-refractivity contribution is -0.117. The minimum absolute atomic E-state index is 0.0596. The Morgan fingerprint density at radius 1 is 0.950 bits per heavy atom. The van der Waals surface area contributed by atoms with Crippen LogP contribution in [0.25, 0.3) is 0 Å². The number of fused-ring (bicyclic) bond motifs is 1. The van der Waals surface area contributed by atoms with Crippen molar-refractivity contribution in [1.82, 2.24) is 9.62 Å². The molecule has 3 aliphatic rings. The van der Waals surface area contributed by atoms with Crippen LogP contribution < -0.4 is 14.9 Å². The van der Waals surface area contributed by atoms with Crippen molar-refractivity contribution in [2.75, 3.05) is 42.9 Å². The van der Waals surface area contributed by atoms with Gasteiger partial charge in [-0.05, 0) is 73.0 Å². The molecule has 40 heavy (non-hydrogen) atoms. The molecule has 0 bridgehead atoms. The number of rotatable bonds is 8. The Morgan fingerprint density at radius 3 is 2.48 bits per heavy atom. The molecule has 210 valence electrons. The number of sulfonamides is 1. The molecule has 1 saturated heterocycles. The monoisotopic (exact) mass is 558 g/mol. The number of carbonyl (C=O) groups excluding carboxylic acids is 1. The summed E-state index contributed by atoms with van der Waals surface area (Å²) in [4.78, 5) is 17.9. The van der Waals surface area contributed by atoms with E-state index in [-0.39, 0.29) is 28.7 Å². The van der Waals surface area contributed by atoms with E-state index in [0.29, 0.717) is 11.4 Å². The lowest BCUT2D eigenvalue weighted by atomic mass is 9.88. The number of benzene rings is 3. The van der Waals surface area contributed by atoms with Crippen LogP contribution in [0.4, 0.5) is 11.4 Å². The summed E-state index contributed by atoms with van der Waals surface area (Å²) in [5, 5.41) is 3.02. The van der Waals surface area contributed by atoms with E-state index < -0.39 is 10.0 Å². The predicted molar refractivity (Wildman–Crippen MR) is 159 cm³/mol. The summed E-state index contributed by atoms with van der Waals surface area (Å²) in [6.45, 7) is 6.43. The van der Waals surface area contributed by atoms with E-state index in [1.807, 2.05) is 48.5 Å². The van der Waals surface area contributed by atoms with E-state index in [4.69, 9.17) is 0 Å². The van der Waals surface area contributed by atoms with Crippen LogP contribution in [-0.4, -0.2) is 51.9 Å². The number of hydrogen-bond donors (Lipinski definition) is 2. The Labute approximate surface area is 237 Å². The summed E-state index contributed by atoms with van der Waals surface area (Å²) in [6.07, 6.45) is 3.48. The van der Waals surface area contributed by atoms with Gasteiger partial charge in [0.2, 0.25) is 15.9 Å². The van der Waals surface area contributed by atoms with E-state index in [1.54, 1.807) is 6.07 Å². The molecule has 0 radical (unpaired) electrons. The first-order valence-electron chi connectivity index (χ1n) is 14.5. The topological polar surface area (TPSA) is 81.8 Å². The van der Waals surface area contributed by atoms with Crippen molar-refractivity contribution in [2.24, 2.45) is 5.92 Å². The molecule has 6 rings (SSSR count). The first kappa shape index (κ1) is 27.0. The SMILES string of the molecule is CCN1CCN(c2ccc(NC(=O)[C@H]3C[C@H]3c3ccccc3)cc2S(=O)(=O)N[C@@H]2CCCc3ccccc32)CC1. The van der Waals surface area contributed by atoms with Gasteiger partial charge < -0.3 is 15.1 Å². The number of aryl methyl sites for hydroxylation is 1. The van der Waals surface area contributed by atoms with E-state index in [9.17, 15) is 13.2 Å². The number of nitrogens with one attached hydrogen (secondary N) is 2. The minimum atomic E-state index is -3.87. The highest BCUT2D eigenvalue weighted by Gasteiger charge is 2.44. The highest BCUT2D eigenvalue weighted by molar-refractivity contribution is 7.89. The summed E-state index contributed by atoms with van der Waals surface area (Å²) in [5.41, 5.74) is 4.64. The fourth-order valence-corrected chi connectivity index (χ4v) is 7.79. The summed E-state index contributed by atoms with van der Waals surface area (Å²) in [5.74, 6) is 0.0587. The zero-order chi connectivity index (χ0) is 27.7. The smallest absolute Gasteiger partial charge is 0.243 e. The summed E-state index contributed by atoms with van der Waals surface area (Å²) >= 11 is 0. The Hall–Kier alpha value is -3.20. The second kappa shape index (κ2) is 11.4. The number of nitrogens with zero attached hydrogens (tertiary/aromatic N) is 2. The largest absolute Gasteiger partial charge is 0.368 e. The number of carbonyl (C=O) groups is 1. The van der Waals surface area contributed by atoms with Crippen molar-refractivity contribution in [1.29, 1.82) is 0 Å². The quantitative estimate of drug-likeness (QED) is 0.410. The van der Waals surface area contributed by atoms with Crippen LogP contribution in [0.1, 0.15) is 54.8 Å². The van der Waals surface area contributed by atoms with Gasteiger partial charge in [0.15, 0.2) is 0 Å². The number of anilines is 2. The Balaban J connectivity index is 1.27. The van der Waals surface area contributed by atoms with Gasteiger partial charge in [0.05, 0.1) is 5.69 Å². The Kier molecular flexibility index (Phi) is 7.66. The molecule has 2 aliphatic carbocycles. The second-order valence-electron chi connectivity index (χ2n) is 11.2. The fourth-order valence-electron chi connectivity index (χ4n) is 6.29. The number of likely N-dealkylation sites (N-methyl/N-ethyl adjacent to an activating group) is 1. The van der Waals surface area contributed by atoms with Crippen molar-refractivity contribution in [3.63, 3.8) is 0 Å². The van der Waals surface area contributed by atoms with Gasteiger partial charge in [-0.1, -0.05) is 61.5 Å². The van der Waals surface area contributed by atoms with Gasteiger partial charge in [0.25, 0.3) is 0 Å². The summed E-state index contributed by atoms with van der Waals surface area (Å²) in [7, 11) is -3.87. The molecule has 0 aromatic heterocycles. The standard InChI is InChI=1S/C32H38N4O3S/c1-2-35-17-19-36(20-18-35)30-16-15-25(33-32(37)28-22-27(28)24-9-4-3-5-10-24)21-31(30)40(38,39)34-29-14-8-12-23-11-6-7-13-26(23)29/h3-7,9-11,13,15-16,21,27-29,34H,2,8,12,14,17-20,22H2,1H3,(H,33,37)/t27-,28-,29+/m0/s1. The van der Waals surface area contributed by atoms with Crippen LogP contribution in [0.15, 0.2) is 77.7 Å². The third kappa shape index (κ3) is 5.66. The molecule has 2 fully saturated rings. The van der Waals surface area contributed by atoms with Gasteiger partial charge in [-0.2, -0.15) is 0 Å². The summed E-state index contributed by atoms with van der Waals surface area (Å²) < 4.78 is 31.1. The van der Waals surface area contributed by atoms with Crippen molar-refractivity contribution < 1.29 is 13.2 Å². The molecule has 3 aromatic rings. The maximum absolute atomic E-state index is 14.1. The highest BCUT2D eigenvalue weighted by atomic mass is 32.2. The normalized spacial score (nSPS) is 22.9. The number of hydrogen-bond acceptors (Lipinski definition) is 5. The molecule has 2 N–H and O–H groups in total. The molecule has 0 spiro atoms. The minimum Gasteiger partial charge on any atom is -0.368 e. The van der Waals surface area contributed by atoms with Gasteiger partial charge in [-0.3, -0.25) is 4.79 Å². The van der Waals surface area contributed by atoms with Crippen LogP contribution in [0.5, 0.6) is 0 Å². The molecule has 1 amide bonds. The third-order valence-corrected chi connectivity index (χ3v) is 10.2. The van der Waals surface area contributed by atoms with E-state index in [0.717, 1.165) is 64.0 Å². The fraction of sp³-hybridized carbons (Fsp3) is 0.406. The average Bonchev–Trinajstić information content (AvgIpc) is 3.79. The van der Waals surface area contributed by atoms with Crippen molar-refractivity contribution in [3.8, 4) is 0 Å². The van der Waals surface area contributed by atoms with Crippen LogP contribution in [0, 0.1) is 5.92 Å². The molecule has 8 heteroatoms. The second-order valence-corrected chi connectivity index (χ2v) is 12.9. The lowest BCUT2D eigenvalue weighted by Crippen LogP contribution is -2.46.